The number of benzene rings is 1. The highest BCUT2D eigenvalue weighted by Gasteiger charge is 2.63. The van der Waals surface area contributed by atoms with Crippen molar-refractivity contribution in [3.63, 3.8) is 0 Å². The van der Waals surface area contributed by atoms with Gasteiger partial charge < -0.3 is 15.0 Å². The molecule has 5 nitrogen and oxygen atoms in total. The molecule has 146 valence electrons. The molecule has 4 aliphatic rings. The van der Waals surface area contributed by atoms with Crippen LogP contribution in [0.4, 0.5) is 0 Å². The molecule has 6 rings (SSSR count). The van der Waals surface area contributed by atoms with Crippen LogP contribution in [-0.2, 0) is 16.0 Å². The molecule has 2 saturated heterocycles. The zero-order chi connectivity index (χ0) is 18.7. The van der Waals surface area contributed by atoms with Gasteiger partial charge in [-0.3, -0.25) is 4.90 Å². The number of aromatic amines is 1. The molecule has 28 heavy (non-hydrogen) atoms. The number of carbonyl (C=O) groups excluding carboxylic acids is 1. The summed E-state index contributed by atoms with van der Waals surface area (Å²) in [5.74, 6) is -0.125. The van der Waals surface area contributed by atoms with Crippen molar-refractivity contribution in [2.75, 3.05) is 13.1 Å². The lowest BCUT2D eigenvalue weighted by molar-refractivity contribution is -0.148. The molecular weight excluding hydrogens is 350 g/mol. The van der Waals surface area contributed by atoms with Crippen LogP contribution in [-0.4, -0.2) is 52.7 Å². The highest BCUT2D eigenvalue weighted by Crippen LogP contribution is 2.53. The van der Waals surface area contributed by atoms with E-state index in [4.69, 9.17) is 4.74 Å². The van der Waals surface area contributed by atoms with Crippen molar-refractivity contribution in [3.05, 3.63) is 47.7 Å². The number of carbonyl (C=O) groups is 1. The number of hydrogen-bond donors (Lipinski definition) is 2. The molecule has 3 aliphatic heterocycles. The fraction of sp³-hybridized carbons (Fsp3) is 0.522. The van der Waals surface area contributed by atoms with E-state index in [1.165, 1.54) is 35.0 Å². The van der Waals surface area contributed by atoms with Gasteiger partial charge in [0, 0.05) is 42.3 Å². The van der Waals surface area contributed by atoms with Gasteiger partial charge in [-0.05, 0) is 55.3 Å². The minimum absolute atomic E-state index is 0.125. The van der Waals surface area contributed by atoms with Gasteiger partial charge in [-0.15, -0.1) is 0 Å². The third-order valence-corrected chi connectivity index (χ3v) is 7.43. The zero-order valence-electron chi connectivity index (χ0n) is 16.1. The second kappa shape index (κ2) is 6.19. The Hall–Kier alpha value is -2.11. The molecule has 2 N–H and O–H groups in total. The fourth-order valence-corrected chi connectivity index (χ4v) is 6.26. The fourth-order valence-electron chi connectivity index (χ4n) is 6.26. The Balaban J connectivity index is 1.19. The first kappa shape index (κ1) is 16.8. The minimum Gasteiger partial charge on any atom is -0.450 e. The lowest BCUT2D eigenvalue weighted by Crippen LogP contribution is -2.50. The monoisotopic (exact) mass is 377 g/mol. The molecule has 1 aromatic carbocycles. The minimum atomic E-state index is -0.308. The second-order valence-electron chi connectivity index (χ2n) is 8.90. The summed E-state index contributed by atoms with van der Waals surface area (Å²) in [6, 6.07) is 12.0. The van der Waals surface area contributed by atoms with Gasteiger partial charge in [0.1, 0.15) is 0 Å². The van der Waals surface area contributed by atoms with Crippen molar-refractivity contribution in [1.82, 2.24) is 15.2 Å². The van der Waals surface area contributed by atoms with Crippen LogP contribution in [0.5, 0.6) is 0 Å². The van der Waals surface area contributed by atoms with Crippen molar-refractivity contribution in [3.8, 4) is 0 Å². The number of piperidine rings is 1. The molecule has 1 saturated carbocycles. The summed E-state index contributed by atoms with van der Waals surface area (Å²) in [6.07, 6.45) is 8.36. The van der Waals surface area contributed by atoms with Crippen molar-refractivity contribution < 1.29 is 9.53 Å². The van der Waals surface area contributed by atoms with E-state index in [0.29, 0.717) is 18.1 Å². The molecule has 1 aliphatic carbocycles. The van der Waals surface area contributed by atoms with E-state index in [1.807, 2.05) is 0 Å². The summed E-state index contributed by atoms with van der Waals surface area (Å²) in [4.78, 5) is 18.3. The molecule has 3 fully saturated rings. The van der Waals surface area contributed by atoms with E-state index in [2.05, 4.69) is 45.5 Å². The van der Waals surface area contributed by atoms with E-state index in [-0.39, 0.29) is 11.6 Å². The average molecular weight is 377 g/mol. The van der Waals surface area contributed by atoms with E-state index >= 15 is 0 Å². The first-order chi connectivity index (χ1) is 13.7. The molecule has 0 unspecified atom stereocenters. The van der Waals surface area contributed by atoms with Crippen molar-refractivity contribution in [2.24, 2.45) is 0 Å². The zero-order valence-corrected chi connectivity index (χ0v) is 16.1. The number of hydrogen-bond acceptors (Lipinski definition) is 4. The van der Waals surface area contributed by atoms with Crippen LogP contribution < -0.4 is 5.32 Å². The van der Waals surface area contributed by atoms with Crippen molar-refractivity contribution in [1.29, 1.82) is 0 Å². The summed E-state index contributed by atoms with van der Waals surface area (Å²) in [5.41, 5.74) is 3.42. The Morgan fingerprint density at radius 1 is 1.29 bits per heavy atom. The first-order valence-electron chi connectivity index (χ1n) is 10.7. The molecule has 2 bridgehead atoms. The molecular formula is C23H27N3O2. The number of fused-ring (bicyclic) bond motifs is 4. The molecule has 1 spiro atoms. The van der Waals surface area contributed by atoms with Gasteiger partial charge in [0.2, 0.25) is 0 Å². The molecule has 0 radical (unpaired) electrons. The van der Waals surface area contributed by atoms with Gasteiger partial charge in [-0.25, -0.2) is 4.79 Å². The van der Waals surface area contributed by atoms with Gasteiger partial charge in [0.05, 0.1) is 6.04 Å². The van der Waals surface area contributed by atoms with Crippen LogP contribution in [0.15, 0.2) is 42.0 Å². The maximum Gasteiger partial charge on any atom is 0.331 e. The smallest absolute Gasteiger partial charge is 0.331 e. The van der Waals surface area contributed by atoms with Crippen molar-refractivity contribution in [2.45, 2.75) is 62.3 Å². The van der Waals surface area contributed by atoms with Crippen molar-refractivity contribution >= 4 is 16.9 Å². The van der Waals surface area contributed by atoms with E-state index in [9.17, 15) is 4.79 Å². The Labute approximate surface area is 165 Å². The van der Waals surface area contributed by atoms with E-state index in [0.717, 1.165) is 38.8 Å². The van der Waals surface area contributed by atoms with Gasteiger partial charge >= 0.3 is 5.97 Å². The number of nitrogens with one attached hydrogen (secondary N) is 2. The summed E-state index contributed by atoms with van der Waals surface area (Å²) in [7, 11) is 0. The number of nitrogens with zero attached hydrogens (tertiary/aromatic N) is 1. The molecule has 2 aromatic rings. The topological polar surface area (TPSA) is 57.4 Å². The standard InChI is InChI=1S/C23H27N3O2/c27-22-13-16-12-19(20-14-23(16,28-22)21-7-3-4-10-26(20)21)24-9-8-17-11-15-5-1-2-6-18(15)25-17/h1-2,5-6,11,13,19-21,24-25H,3-4,7-10,12,14H2/t19-,20-,21+,23-/m0/s1. The Morgan fingerprint density at radius 2 is 2.21 bits per heavy atom. The predicted octanol–water partition coefficient (Wildman–Crippen LogP) is 2.92. The molecule has 4 heterocycles. The molecule has 1 aromatic heterocycles. The van der Waals surface area contributed by atoms with Gasteiger partial charge in [-0.1, -0.05) is 24.6 Å². The van der Waals surface area contributed by atoms with Crippen LogP contribution in [0.3, 0.4) is 0 Å². The third kappa shape index (κ3) is 2.42. The number of para-hydroxylation sites is 1. The number of rotatable bonds is 4. The van der Waals surface area contributed by atoms with Crippen LogP contribution in [0.1, 0.15) is 37.8 Å². The molecule has 4 atom stereocenters. The molecule has 0 amide bonds. The van der Waals surface area contributed by atoms with Crippen LogP contribution in [0, 0.1) is 0 Å². The number of esters is 1. The summed E-state index contributed by atoms with van der Waals surface area (Å²) < 4.78 is 5.96. The maximum atomic E-state index is 12.1. The summed E-state index contributed by atoms with van der Waals surface area (Å²) in [5, 5.41) is 5.11. The average Bonchev–Trinajstić information content (AvgIpc) is 3.35. The van der Waals surface area contributed by atoms with Gasteiger partial charge in [0.15, 0.2) is 5.60 Å². The van der Waals surface area contributed by atoms with Crippen LogP contribution in [0.2, 0.25) is 0 Å². The number of ether oxygens (including phenoxy) is 1. The predicted molar refractivity (Wildman–Crippen MR) is 108 cm³/mol. The van der Waals surface area contributed by atoms with Gasteiger partial charge in [0.25, 0.3) is 0 Å². The van der Waals surface area contributed by atoms with Gasteiger partial charge in [-0.2, -0.15) is 0 Å². The Morgan fingerprint density at radius 3 is 3.14 bits per heavy atom. The second-order valence-corrected chi connectivity index (χ2v) is 8.90. The SMILES string of the molecule is O=C1C=C2C[C@H](NCCc3cc4ccccc4[nH]3)[C@@H]3C[C@@]2(O1)[C@H]1CCCCN31. The lowest BCUT2D eigenvalue weighted by Gasteiger charge is -2.38. The Kier molecular flexibility index (Phi) is 3.72. The molecule has 5 heteroatoms. The number of aromatic nitrogens is 1. The quantitative estimate of drug-likeness (QED) is 0.805. The largest absolute Gasteiger partial charge is 0.450 e. The first-order valence-corrected chi connectivity index (χ1v) is 10.7. The van der Waals surface area contributed by atoms with E-state index in [1.54, 1.807) is 6.08 Å². The highest BCUT2D eigenvalue weighted by atomic mass is 16.6. The third-order valence-electron chi connectivity index (χ3n) is 7.43. The number of H-pyrrole nitrogens is 1. The normalized spacial score (nSPS) is 34.2. The summed E-state index contributed by atoms with van der Waals surface area (Å²) >= 11 is 0. The van der Waals surface area contributed by atoms with E-state index < -0.39 is 0 Å². The van der Waals surface area contributed by atoms with Crippen LogP contribution >= 0.6 is 0 Å². The van der Waals surface area contributed by atoms with Crippen LogP contribution in [0.25, 0.3) is 10.9 Å². The summed E-state index contributed by atoms with van der Waals surface area (Å²) in [6.45, 7) is 2.09. The Bertz CT molecular complexity index is 931. The maximum absolute atomic E-state index is 12.1. The lowest BCUT2D eigenvalue weighted by atomic mass is 9.75. The highest BCUT2D eigenvalue weighted by molar-refractivity contribution is 5.87.